The molecule has 0 aromatic heterocycles. The Morgan fingerprint density at radius 1 is 0.722 bits per heavy atom. The molecule has 5 rings (SSSR count). The second-order valence-corrected chi connectivity index (χ2v) is 5.26. The van der Waals surface area contributed by atoms with Crippen LogP contribution in [0.5, 0.6) is 0 Å². The fourth-order valence-electron chi connectivity index (χ4n) is 3.60. The molecule has 0 amide bonds. The molecule has 0 aliphatic heterocycles. The van der Waals surface area contributed by atoms with Gasteiger partial charge in [-0.1, -0.05) is 48.5 Å². The van der Waals surface area contributed by atoms with Crippen molar-refractivity contribution in [2.24, 2.45) is 0 Å². The molecule has 3 aliphatic rings. The van der Waals surface area contributed by atoms with E-state index in [-0.39, 0.29) is 5.92 Å². The molecule has 2 atom stereocenters. The number of hydrogen-bond acceptors (Lipinski definition) is 1. The van der Waals surface area contributed by atoms with Gasteiger partial charge in [0.15, 0.2) is 5.78 Å². The van der Waals surface area contributed by atoms with Crippen molar-refractivity contribution in [3.05, 3.63) is 70.8 Å². The van der Waals surface area contributed by atoms with Gasteiger partial charge >= 0.3 is 0 Å². The summed E-state index contributed by atoms with van der Waals surface area (Å²) in [6, 6.07) is 16.6. The van der Waals surface area contributed by atoms with E-state index in [9.17, 15) is 4.79 Å². The van der Waals surface area contributed by atoms with E-state index in [4.69, 9.17) is 0 Å². The normalized spacial score (nSPS) is 24.3. The minimum atomic E-state index is 0.0844. The van der Waals surface area contributed by atoms with Crippen LogP contribution in [-0.4, -0.2) is 5.78 Å². The first kappa shape index (κ1) is 10.1. The molecule has 18 heavy (non-hydrogen) atoms. The number of rotatable bonds is 0. The van der Waals surface area contributed by atoms with E-state index in [2.05, 4.69) is 30.3 Å². The van der Waals surface area contributed by atoms with Crippen LogP contribution in [0.4, 0.5) is 0 Å². The average Bonchev–Trinajstić information content (AvgIpc) is 2.64. The smallest absolute Gasteiger partial charge is 0.170 e. The molecule has 0 saturated heterocycles. The second kappa shape index (κ2) is 3.55. The van der Waals surface area contributed by atoms with Gasteiger partial charge in [-0.25, -0.2) is 0 Å². The fourth-order valence-corrected chi connectivity index (χ4v) is 3.60. The molecule has 0 spiro atoms. The second-order valence-electron chi connectivity index (χ2n) is 5.26. The van der Waals surface area contributed by atoms with Gasteiger partial charge in [-0.15, -0.1) is 0 Å². The quantitative estimate of drug-likeness (QED) is 0.675. The van der Waals surface area contributed by atoms with Crippen molar-refractivity contribution in [2.45, 2.75) is 24.7 Å². The first-order chi connectivity index (χ1) is 8.86. The van der Waals surface area contributed by atoms with Gasteiger partial charge < -0.3 is 0 Å². The molecule has 2 bridgehead atoms. The summed E-state index contributed by atoms with van der Waals surface area (Å²) in [5.41, 5.74) is 4.80. The van der Waals surface area contributed by atoms with Crippen LogP contribution in [0.1, 0.15) is 51.7 Å². The largest absolute Gasteiger partial charge is 0.293 e. The number of carbonyl (C=O) groups excluding carboxylic acids is 1. The average molecular weight is 234 g/mol. The van der Waals surface area contributed by atoms with Crippen LogP contribution < -0.4 is 0 Å². The van der Waals surface area contributed by atoms with Crippen molar-refractivity contribution < 1.29 is 4.79 Å². The third kappa shape index (κ3) is 1.19. The summed E-state index contributed by atoms with van der Waals surface area (Å²) in [6.07, 6.45) is 2.10. The van der Waals surface area contributed by atoms with E-state index in [1.807, 2.05) is 18.2 Å². The Bertz CT molecular complexity index is 642. The van der Waals surface area contributed by atoms with E-state index >= 15 is 0 Å². The van der Waals surface area contributed by atoms with E-state index < -0.39 is 0 Å². The van der Waals surface area contributed by atoms with Crippen LogP contribution in [0.25, 0.3) is 0 Å². The van der Waals surface area contributed by atoms with Crippen molar-refractivity contribution in [2.75, 3.05) is 0 Å². The summed E-state index contributed by atoms with van der Waals surface area (Å²) in [7, 11) is 0. The zero-order chi connectivity index (χ0) is 12.1. The summed E-state index contributed by atoms with van der Waals surface area (Å²) < 4.78 is 0. The molecular formula is C17H14O. The molecule has 0 N–H and O–H groups in total. The molecule has 0 radical (unpaired) electrons. The molecule has 0 unspecified atom stereocenters. The van der Waals surface area contributed by atoms with Crippen LogP contribution in [0.2, 0.25) is 0 Å². The summed E-state index contributed by atoms with van der Waals surface area (Å²) in [5.74, 6) is 0.819. The molecule has 3 aliphatic carbocycles. The topological polar surface area (TPSA) is 17.1 Å². The first-order valence-electron chi connectivity index (χ1n) is 6.58. The van der Waals surface area contributed by atoms with Crippen molar-refractivity contribution in [3.8, 4) is 0 Å². The lowest BCUT2D eigenvalue weighted by Crippen LogP contribution is -2.15. The zero-order valence-corrected chi connectivity index (χ0v) is 10.1. The highest BCUT2D eigenvalue weighted by molar-refractivity contribution is 6.04. The standard InChI is InChI=1S/C17H14O/c18-17-15-8-4-3-7-13(15)14-9-10-16(17)12-6-2-1-5-11(12)14/h1-8,14,16H,9-10H2/t14-,16-/m0/s1. The van der Waals surface area contributed by atoms with Crippen LogP contribution in [0.3, 0.4) is 0 Å². The Kier molecular flexibility index (Phi) is 1.99. The van der Waals surface area contributed by atoms with Crippen LogP contribution in [0.15, 0.2) is 48.5 Å². The van der Waals surface area contributed by atoms with E-state index in [1.165, 1.54) is 16.7 Å². The highest BCUT2D eigenvalue weighted by Gasteiger charge is 2.38. The molecule has 88 valence electrons. The van der Waals surface area contributed by atoms with Crippen LogP contribution >= 0.6 is 0 Å². The van der Waals surface area contributed by atoms with E-state index in [0.29, 0.717) is 11.7 Å². The predicted octanol–water partition coefficient (Wildman–Crippen LogP) is 3.89. The molecule has 1 nitrogen and oxygen atoms in total. The monoisotopic (exact) mass is 234 g/mol. The lowest BCUT2D eigenvalue weighted by Gasteiger charge is -2.26. The van der Waals surface area contributed by atoms with Gasteiger partial charge in [0.2, 0.25) is 0 Å². The van der Waals surface area contributed by atoms with Crippen molar-refractivity contribution in [1.82, 2.24) is 0 Å². The number of Topliss-reactive ketones (excluding diaryl/α,β-unsaturated/α-hetero) is 1. The Morgan fingerprint density at radius 3 is 2.06 bits per heavy atom. The van der Waals surface area contributed by atoms with E-state index in [0.717, 1.165) is 18.4 Å². The lowest BCUT2D eigenvalue weighted by molar-refractivity contribution is 0.0956. The number of ketones is 1. The summed E-state index contributed by atoms with van der Waals surface area (Å²) in [6.45, 7) is 0. The number of carbonyl (C=O) groups is 1. The van der Waals surface area contributed by atoms with Gasteiger partial charge in [0.05, 0.1) is 0 Å². The number of hydrogen-bond donors (Lipinski definition) is 0. The Morgan fingerprint density at radius 2 is 1.28 bits per heavy atom. The van der Waals surface area contributed by atoms with Gasteiger partial charge in [0.1, 0.15) is 0 Å². The third-order valence-electron chi connectivity index (χ3n) is 4.41. The molecule has 0 fully saturated rings. The van der Waals surface area contributed by atoms with Gasteiger partial charge in [-0.05, 0) is 29.5 Å². The maximum absolute atomic E-state index is 12.7. The number of fused-ring (bicyclic) bond motifs is 1. The molecule has 2 aromatic carbocycles. The highest BCUT2D eigenvalue weighted by atomic mass is 16.1. The van der Waals surface area contributed by atoms with Crippen LogP contribution in [0, 0.1) is 0 Å². The third-order valence-corrected chi connectivity index (χ3v) is 4.41. The number of benzene rings is 2. The van der Waals surface area contributed by atoms with Crippen molar-refractivity contribution >= 4 is 5.78 Å². The van der Waals surface area contributed by atoms with Gasteiger partial charge in [-0.2, -0.15) is 0 Å². The molecular weight excluding hydrogens is 220 g/mol. The molecule has 0 heterocycles. The van der Waals surface area contributed by atoms with Gasteiger partial charge in [0, 0.05) is 17.4 Å². The zero-order valence-electron chi connectivity index (χ0n) is 10.1. The van der Waals surface area contributed by atoms with Gasteiger partial charge in [0.25, 0.3) is 0 Å². The lowest BCUT2D eigenvalue weighted by atomic mass is 9.77. The maximum atomic E-state index is 12.7. The minimum absolute atomic E-state index is 0.0844. The van der Waals surface area contributed by atoms with Crippen molar-refractivity contribution in [1.29, 1.82) is 0 Å². The molecule has 0 saturated carbocycles. The van der Waals surface area contributed by atoms with Crippen molar-refractivity contribution in [3.63, 3.8) is 0 Å². The SMILES string of the molecule is O=C1c2ccccc2[C@H]2CC[C@H]1c1ccccc12. The van der Waals surface area contributed by atoms with Crippen LogP contribution in [-0.2, 0) is 0 Å². The molecule has 2 aromatic rings. The molecule has 1 heteroatoms. The first-order valence-corrected chi connectivity index (χ1v) is 6.58. The minimum Gasteiger partial charge on any atom is -0.293 e. The maximum Gasteiger partial charge on any atom is 0.170 e. The summed E-state index contributed by atoms with van der Waals surface area (Å²) in [5, 5.41) is 0. The summed E-state index contributed by atoms with van der Waals surface area (Å²) in [4.78, 5) is 12.7. The van der Waals surface area contributed by atoms with E-state index in [1.54, 1.807) is 0 Å². The fraction of sp³-hybridized carbons (Fsp3) is 0.235. The Balaban J connectivity index is 2.07. The Hall–Kier alpha value is -1.89. The predicted molar refractivity (Wildman–Crippen MR) is 71.0 cm³/mol. The Labute approximate surface area is 106 Å². The highest BCUT2D eigenvalue weighted by Crippen LogP contribution is 2.47. The van der Waals surface area contributed by atoms with Gasteiger partial charge in [-0.3, -0.25) is 4.79 Å². The summed E-state index contributed by atoms with van der Waals surface area (Å²) >= 11 is 0.